The van der Waals surface area contributed by atoms with Crippen LogP contribution in [-0.4, -0.2) is 19.9 Å². The second kappa shape index (κ2) is 7.15. The Balaban J connectivity index is 1.91. The standard InChI is InChI=1S/C22H19F3O3S/c23-22(24,25)29(27,28)13-16-9-10-19-17-7-3-1-5-14(17)11-20(19)21(16)18-8-4-2-6-15(18)12-26/h1,3,5,7,9-10,18H,2,4,6,8,11,13H2. The lowest BCUT2D eigenvalue weighted by atomic mass is 9.76. The van der Waals surface area contributed by atoms with Crippen molar-refractivity contribution in [2.45, 2.75) is 49.3 Å². The van der Waals surface area contributed by atoms with Crippen molar-refractivity contribution in [1.82, 2.24) is 0 Å². The van der Waals surface area contributed by atoms with Crippen LogP contribution in [0.1, 0.15) is 53.9 Å². The first-order valence-corrected chi connectivity index (χ1v) is 11.1. The zero-order valence-electron chi connectivity index (χ0n) is 15.6. The van der Waals surface area contributed by atoms with Crippen molar-refractivity contribution < 1.29 is 26.4 Å². The lowest BCUT2D eigenvalue weighted by Gasteiger charge is -2.28. The molecule has 0 spiro atoms. The number of allylic oxidation sites excluding steroid dienone is 1. The van der Waals surface area contributed by atoms with E-state index in [0.717, 1.165) is 35.1 Å². The highest BCUT2D eigenvalue weighted by Gasteiger charge is 2.46. The topological polar surface area (TPSA) is 51.2 Å². The number of rotatable bonds is 3. The molecule has 0 N–H and O–H groups in total. The van der Waals surface area contributed by atoms with Crippen LogP contribution in [0.5, 0.6) is 0 Å². The summed E-state index contributed by atoms with van der Waals surface area (Å²) >= 11 is 0. The molecule has 0 bridgehead atoms. The number of halogens is 3. The summed E-state index contributed by atoms with van der Waals surface area (Å²) < 4.78 is 63.0. The van der Waals surface area contributed by atoms with Crippen LogP contribution in [0.2, 0.25) is 0 Å². The molecule has 0 radical (unpaired) electrons. The summed E-state index contributed by atoms with van der Waals surface area (Å²) in [4.78, 5) is 11.6. The Morgan fingerprint density at radius 1 is 1.03 bits per heavy atom. The number of hydrogen-bond donors (Lipinski definition) is 0. The molecule has 7 heteroatoms. The molecule has 1 unspecified atom stereocenters. The van der Waals surface area contributed by atoms with Crippen LogP contribution in [0.3, 0.4) is 0 Å². The van der Waals surface area contributed by atoms with E-state index in [0.29, 0.717) is 30.4 Å². The summed E-state index contributed by atoms with van der Waals surface area (Å²) in [6, 6.07) is 10.9. The van der Waals surface area contributed by atoms with Crippen molar-refractivity contribution >= 4 is 15.8 Å². The number of fused-ring (bicyclic) bond motifs is 3. The van der Waals surface area contributed by atoms with Gasteiger partial charge in [0, 0.05) is 11.5 Å². The van der Waals surface area contributed by atoms with E-state index in [1.54, 1.807) is 6.07 Å². The molecule has 2 aliphatic carbocycles. The lowest BCUT2D eigenvalue weighted by molar-refractivity contribution is -0.0437. The third-order valence-electron chi connectivity index (χ3n) is 5.91. The van der Waals surface area contributed by atoms with Gasteiger partial charge < -0.3 is 0 Å². The van der Waals surface area contributed by atoms with Crippen molar-refractivity contribution in [3.63, 3.8) is 0 Å². The van der Waals surface area contributed by atoms with E-state index in [2.05, 4.69) is 0 Å². The molecule has 0 aromatic heterocycles. The molecule has 2 aromatic carbocycles. The van der Waals surface area contributed by atoms with E-state index in [4.69, 9.17) is 0 Å². The van der Waals surface area contributed by atoms with Crippen molar-refractivity contribution in [3.05, 3.63) is 64.2 Å². The summed E-state index contributed by atoms with van der Waals surface area (Å²) in [5.41, 5.74) is -0.305. The predicted molar refractivity (Wildman–Crippen MR) is 104 cm³/mol. The van der Waals surface area contributed by atoms with Gasteiger partial charge in [0.25, 0.3) is 9.84 Å². The Morgan fingerprint density at radius 2 is 1.79 bits per heavy atom. The van der Waals surface area contributed by atoms with Crippen LogP contribution >= 0.6 is 0 Å². The fourth-order valence-electron chi connectivity index (χ4n) is 4.58. The van der Waals surface area contributed by atoms with Crippen molar-refractivity contribution in [2.24, 2.45) is 0 Å². The Bertz CT molecular complexity index is 1130. The number of hydrogen-bond acceptors (Lipinski definition) is 3. The molecule has 0 heterocycles. The van der Waals surface area contributed by atoms with E-state index in [9.17, 15) is 26.4 Å². The minimum Gasteiger partial charge on any atom is -0.234 e. The summed E-state index contributed by atoms with van der Waals surface area (Å²) in [6.07, 6.45) is 3.32. The first-order chi connectivity index (χ1) is 13.7. The lowest BCUT2D eigenvalue weighted by Crippen LogP contribution is -2.26. The first kappa shape index (κ1) is 19.9. The van der Waals surface area contributed by atoms with Crippen molar-refractivity contribution in [3.8, 4) is 11.1 Å². The van der Waals surface area contributed by atoms with Crippen LogP contribution in [0.4, 0.5) is 13.2 Å². The van der Waals surface area contributed by atoms with E-state index in [-0.39, 0.29) is 11.5 Å². The van der Waals surface area contributed by atoms with Gasteiger partial charge in [-0.2, -0.15) is 13.2 Å². The van der Waals surface area contributed by atoms with Crippen LogP contribution in [0, 0.1) is 0 Å². The highest BCUT2D eigenvalue weighted by molar-refractivity contribution is 7.91. The minimum atomic E-state index is -5.33. The van der Waals surface area contributed by atoms with Crippen molar-refractivity contribution in [1.29, 1.82) is 0 Å². The quantitative estimate of drug-likeness (QED) is 0.554. The molecule has 2 aliphatic rings. The van der Waals surface area contributed by atoms with Gasteiger partial charge in [0.2, 0.25) is 0 Å². The third kappa shape index (κ3) is 3.43. The molecule has 0 saturated heterocycles. The minimum absolute atomic E-state index is 0.133. The number of benzene rings is 2. The molecule has 1 fully saturated rings. The van der Waals surface area contributed by atoms with Crippen molar-refractivity contribution in [2.75, 3.05) is 0 Å². The van der Waals surface area contributed by atoms with Gasteiger partial charge in [0.05, 0.1) is 5.75 Å². The predicted octanol–water partition coefficient (Wildman–Crippen LogP) is 5.11. The molecule has 29 heavy (non-hydrogen) atoms. The Morgan fingerprint density at radius 3 is 2.52 bits per heavy atom. The van der Waals surface area contributed by atoms with E-state index < -0.39 is 21.1 Å². The second-order valence-corrected chi connectivity index (χ2v) is 9.61. The largest absolute Gasteiger partial charge is 0.497 e. The van der Waals surface area contributed by atoms with Gasteiger partial charge in [-0.25, -0.2) is 13.2 Å². The smallest absolute Gasteiger partial charge is 0.234 e. The fraction of sp³-hybridized carbons (Fsp3) is 0.364. The molecule has 1 atom stereocenters. The molecule has 0 amide bonds. The summed E-state index contributed by atoms with van der Waals surface area (Å²) in [5, 5.41) is 0. The van der Waals surface area contributed by atoms with Crippen LogP contribution in [0.25, 0.3) is 11.1 Å². The van der Waals surface area contributed by atoms with E-state index in [1.165, 1.54) is 6.07 Å². The highest BCUT2D eigenvalue weighted by Crippen LogP contribution is 2.47. The zero-order valence-corrected chi connectivity index (χ0v) is 16.4. The first-order valence-electron chi connectivity index (χ1n) is 9.49. The van der Waals surface area contributed by atoms with Gasteiger partial charge in [-0.1, -0.05) is 42.8 Å². The number of alkyl halides is 3. The van der Waals surface area contributed by atoms with Gasteiger partial charge in [-0.15, -0.1) is 0 Å². The highest BCUT2D eigenvalue weighted by atomic mass is 32.2. The Labute approximate surface area is 167 Å². The van der Waals surface area contributed by atoms with Gasteiger partial charge >= 0.3 is 5.51 Å². The number of carbonyl (C=O) groups excluding carboxylic acids is 1. The zero-order chi connectivity index (χ0) is 20.8. The molecule has 1 saturated carbocycles. The second-order valence-electron chi connectivity index (χ2n) is 7.63. The Hall–Kier alpha value is -2.37. The fourth-order valence-corrected chi connectivity index (χ4v) is 5.41. The molecule has 4 rings (SSSR count). The maximum absolute atomic E-state index is 13.1. The molecule has 2 aromatic rings. The number of sulfone groups is 1. The van der Waals surface area contributed by atoms with Gasteiger partial charge in [0.15, 0.2) is 0 Å². The molecular weight excluding hydrogens is 401 g/mol. The van der Waals surface area contributed by atoms with E-state index >= 15 is 0 Å². The summed E-state index contributed by atoms with van der Waals surface area (Å²) in [5.74, 6) is 0.482. The van der Waals surface area contributed by atoms with Gasteiger partial charge in [0.1, 0.15) is 5.94 Å². The van der Waals surface area contributed by atoms with Gasteiger partial charge in [-0.3, -0.25) is 0 Å². The van der Waals surface area contributed by atoms with Crippen LogP contribution in [0.15, 0.2) is 42.0 Å². The summed E-state index contributed by atoms with van der Waals surface area (Å²) in [6.45, 7) is 0. The average Bonchev–Trinajstić information content (AvgIpc) is 3.05. The normalized spacial score (nSPS) is 18.9. The third-order valence-corrected chi connectivity index (χ3v) is 7.31. The Kier molecular flexibility index (Phi) is 4.91. The molecular formula is C22H19F3O3S. The van der Waals surface area contributed by atoms with Crippen LogP contribution < -0.4 is 0 Å². The van der Waals surface area contributed by atoms with Gasteiger partial charge in [-0.05, 0) is 59.1 Å². The van der Waals surface area contributed by atoms with E-state index in [1.807, 2.05) is 30.2 Å². The van der Waals surface area contributed by atoms with Crippen LogP contribution in [-0.2, 0) is 26.8 Å². The maximum atomic E-state index is 13.1. The monoisotopic (exact) mass is 420 g/mol. The average molecular weight is 420 g/mol. The maximum Gasteiger partial charge on any atom is 0.497 e. The summed E-state index contributed by atoms with van der Waals surface area (Å²) in [7, 11) is -5.33. The molecule has 3 nitrogen and oxygen atoms in total. The molecule has 152 valence electrons. The molecule has 0 aliphatic heterocycles. The SMILES string of the molecule is O=C=C1CCCCC1c1c(CS(=O)(=O)C(F)(F)F)ccc2c1Cc1ccccc1-2.